The molecule has 0 radical (unpaired) electrons. The van der Waals surface area contributed by atoms with E-state index in [-0.39, 0.29) is 24.6 Å². The quantitative estimate of drug-likeness (QED) is 0.171. The van der Waals surface area contributed by atoms with Gasteiger partial charge in [0.05, 0.1) is 26.2 Å². The molecule has 0 spiro atoms. The minimum Gasteiger partial charge on any atom is -0.497 e. The van der Waals surface area contributed by atoms with Crippen molar-refractivity contribution >= 4 is 39.1 Å². The van der Waals surface area contributed by atoms with Gasteiger partial charge in [-0.2, -0.15) is 0 Å². The number of aryl methyl sites for hydroxylation is 1. The number of carboxylic acid groups (broad SMARTS) is 1. The summed E-state index contributed by atoms with van der Waals surface area (Å²) in [5.74, 6) is 0.503. The molecule has 2 aromatic heterocycles. The van der Waals surface area contributed by atoms with Crippen molar-refractivity contribution in [2.24, 2.45) is 0 Å². The summed E-state index contributed by atoms with van der Waals surface area (Å²) in [4.78, 5) is 32.7. The zero-order chi connectivity index (χ0) is 31.5. The molecule has 0 bridgehead atoms. The van der Waals surface area contributed by atoms with Gasteiger partial charge in [0.2, 0.25) is 5.91 Å². The Hall–Kier alpha value is -4.06. The van der Waals surface area contributed by atoms with Crippen LogP contribution in [-0.2, 0) is 35.5 Å². The maximum atomic E-state index is 13.4. The summed E-state index contributed by atoms with van der Waals surface area (Å²) in [6, 6.07) is 13.7. The van der Waals surface area contributed by atoms with E-state index >= 15 is 0 Å². The van der Waals surface area contributed by atoms with Crippen LogP contribution < -0.4 is 20.1 Å². The van der Waals surface area contributed by atoms with Crippen LogP contribution in [-0.4, -0.2) is 66.5 Å². The predicted molar refractivity (Wildman–Crippen MR) is 175 cm³/mol. The first-order chi connectivity index (χ1) is 21.8. The predicted octanol–water partition coefficient (Wildman–Crippen LogP) is 5.48. The number of carbonyl (C=O) groups excluding carboxylic acids is 1. The van der Waals surface area contributed by atoms with Gasteiger partial charge in [-0.3, -0.25) is 9.69 Å². The fourth-order valence-corrected chi connectivity index (χ4v) is 7.67. The molecule has 10 nitrogen and oxygen atoms in total. The smallest absolute Gasteiger partial charge is 0.338 e. The fourth-order valence-electron chi connectivity index (χ4n) is 6.39. The molecule has 2 aliphatic rings. The molecule has 238 valence electrons. The van der Waals surface area contributed by atoms with Crippen molar-refractivity contribution in [3.8, 4) is 11.5 Å². The van der Waals surface area contributed by atoms with Crippen molar-refractivity contribution in [2.45, 2.75) is 64.4 Å². The summed E-state index contributed by atoms with van der Waals surface area (Å²) in [6.07, 6.45) is 3.48. The number of benzene rings is 2. The highest BCUT2D eigenvalue weighted by Crippen LogP contribution is 2.40. The molecule has 45 heavy (non-hydrogen) atoms. The number of anilines is 1. The van der Waals surface area contributed by atoms with E-state index in [1.807, 2.05) is 49.4 Å². The van der Waals surface area contributed by atoms with Crippen LogP contribution in [0, 0.1) is 6.92 Å². The second-order valence-electron chi connectivity index (χ2n) is 11.7. The second-order valence-corrected chi connectivity index (χ2v) is 12.8. The largest absolute Gasteiger partial charge is 0.497 e. The molecule has 4 N–H and O–H groups in total. The lowest BCUT2D eigenvalue weighted by molar-refractivity contribution is -0.120. The average Bonchev–Trinajstić information content (AvgIpc) is 3.55. The van der Waals surface area contributed by atoms with Gasteiger partial charge in [0.15, 0.2) is 0 Å². The van der Waals surface area contributed by atoms with Crippen LogP contribution in [0.5, 0.6) is 11.5 Å². The van der Waals surface area contributed by atoms with Crippen LogP contribution in [0.25, 0.3) is 10.9 Å². The van der Waals surface area contributed by atoms with Crippen LogP contribution in [0.4, 0.5) is 5.00 Å². The van der Waals surface area contributed by atoms with Crippen LogP contribution in [0.1, 0.15) is 56.9 Å². The number of nitrogens with one attached hydrogen (secondary N) is 3. The summed E-state index contributed by atoms with van der Waals surface area (Å²) in [7, 11) is 3.28. The number of H-pyrrole nitrogens is 1. The van der Waals surface area contributed by atoms with Gasteiger partial charge in [0.25, 0.3) is 0 Å². The number of hydrogen-bond donors (Lipinski definition) is 4. The summed E-state index contributed by atoms with van der Waals surface area (Å²) in [6.45, 7) is 4.28. The first-order valence-electron chi connectivity index (χ1n) is 15.4. The van der Waals surface area contributed by atoms with E-state index in [2.05, 4.69) is 20.5 Å². The number of hydrogen-bond acceptors (Lipinski definition) is 8. The number of nitrogens with zero attached hydrogens (tertiary/aromatic N) is 1. The molecular formula is C34H40N4O6S. The molecule has 0 aliphatic carbocycles. The van der Waals surface area contributed by atoms with E-state index in [0.29, 0.717) is 43.2 Å². The van der Waals surface area contributed by atoms with Crippen LogP contribution in [0.2, 0.25) is 0 Å². The summed E-state index contributed by atoms with van der Waals surface area (Å²) in [5, 5.41) is 18.5. The Bertz CT molecular complexity index is 1670. The van der Waals surface area contributed by atoms with Crippen LogP contribution in [0.3, 0.4) is 0 Å². The van der Waals surface area contributed by atoms with Gasteiger partial charge in [-0.05, 0) is 79.6 Å². The molecule has 4 aromatic rings. The SMILES string of the molecule is COc1ccc(CN2Cc3sc(NC4CCCCO4)c(C(=O)O)c3CC2CNC(=O)Cc2c(C)[nH]c3ccc(OC)cc23)cc1. The molecule has 0 saturated carbocycles. The molecule has 1 fully saturated rings. The Labute approximate surface area is 266 Å². The van der Waals surface area contributed by atoms with Crippen LogP contribution in [0.15, 0.2) is 42.5 Å². The van der Waals surface area contributed by atoms with E-state index in [1.165, 1.54) is 11.3 Å². The average molecular weight is 633 g/mol. The molecular weight excluding hydrogens is 592 g/mol. The minimum atomic E-state index is -0.942. The Morgan fingerprint density at radius 3 is 2.60 bits per heavy atom. The van der Waals surface area contributed by atoms with Crippen molar-refractivity contribution in [2.75, 3.05) is 32.7 Å². The topological polar surface area (TPSA) is 125 Å². The lowest BCUT2D eigenvalue weighted by Gasteiger charge is -2.36. The van der Waals surface area contributed by atoms with Gasteiger partial charge in [-0.1, -0.05) is 12.1 Å². The standard InChI is InChI=1S/C34H40N4O6S/c1-20-25(26-15-24(43-3)11-12-28(26)36-20)16-30(39)35-17-22-14-27-29(19-38(22)18-21-7-9-23(42-2)10-8-21)45-33(32(27)34(40)41)37-31-6-4-5-13-44-31/h7-12,15,22,31,36-37H,4-6,13-14,16-19H2,1-3H3,(H,35,39)(H,40,41). The third kappa shape index (κ3) is 6.80. The van der Waals surface area contributed by atoms with E-state index in [4.69, 9.17) is 14.2 Å². The highest BCUT2D eigenvalue weighted by Gasteiger charge is 2.34. The Balaban J connectivity index is 1.23. The lowest BCUT2D eigenvalue weighted by atomic mass is 9.95. The Kier molecular flexibility index (Phi) is 9.29. The number of amides is 1. The summed E-state index contributed by atoms with van der Waals surface area (Å²) < 4.78 is 16.6. The van der Waals surface area contributed by atoms with Crippen molar-refractivity contribution in [3.63, 3.8) is 0 Å². The highest BCUT2D eigenvalue weighted by molar-refractivity contribution is 7.16. The zero-order valence-electron chi connectivity index (χ0n) is 25.9. The molecule has 2 atom stereocenters. The van der Waals surface area contributed by atoms with Gasteiger partial charge >= 0.3 is 5.97 Å². The zero-order valence-corrected chi connectivity index (χ0v) is 26.7. The molecule has 2 aromatic carbocycles. The summed E-state index contributed by atoms with van der Waals surface area (Å²) in [5.41, 5.74) is 5.13. The van der Waals surface area contributed by atoms with Crippen LogP contribution >= 0.6 is 11.3 Å². The third-order valence-electron chi connectivity index (χ3n) is 8.82. The summed E-state index contributed by atoms with van der Waals surface area (Å²) >= 11 is 1.50. The van der Waals surface area contributed by atoms with Crippen molar-refractivity contribution in [3.05, 3.63) is 75.3 Å². The number of aromatic carboxylic acids is 1. The maximum Gasteiger partial charge on any atom is 0.338 e. The van der Waals surface area contributed by atoms with E-state index in [1.54, 1.807) is 14.2 Å². The molecule has 2 unspecified atom stereocenters. The first kappa shape index (κ1) is 30.9. The number of aromatic nitrogens is 1. The minimum absolute atomic E-state index is 0.0856. The maximum absolute atomic E-state index is 13.4. The molecule has 4 heterocycles. The van der Waals surface area contributed by atoms with Crippen molar-refractivity contribution in [1.29, 1.82) is 0 Å². The monoisotopic (exact) mass is 632 g/mol. The van der Waals surface area contributed by atoms with E-state index in [0.717, 1.165) is 68.9 Å². The van der Waals surface area contributed by atoms with Gasteiger partial charge < -0.3 is 34.9 Å². The van der Waals surface area contributed by atoms with Crippen molar-refractivity contribution < 1.29 is 28.9 Å². The Morgan fingerprint density at radius 1 is 1.11 bits per heavy atom. The molecule has 11 heteroatoms. The van der Waals surface area contributed by atoms with Gasteiger partial charge in [-0.15, -0.1) is 11.3 Å². The van der Waals surface area contributed by atoms with Crippen molar-refractivity contribution in [1.82, 2.24) is 15.2 Å². The van der Waals surface area contributed by atoms with E-state index in [9.17, 15) is 14.7 Å². The number of aromatic amines is 1. The molecule has 1 saturated heterocycles. The number of methoxy groups -OCH3 is 2. The van der Waals surface area contributed by atoms with Gasteiger partial charge in [-0.25, -0.2) is 4.79 Å². The normalized spacial score (nSPS) is 18.4. The van der Waals surface area contributed by atoms with Gasteiger partial charge in [0, 0.05) is 53.8 Å². The highest BCUT2D eigenvalue weighted by atomic mass is 32.1. The first-order valence-corrected chi connectivity index (χ1v) is 16.2. The fraction of sp³-hybridized carbons (Fsp3) is 0.412. The molecule has 6 rings (SSSR count). The Morgan fingerprint density at radius 2 is 1.89 bits per heavy atom. The molecule has 2 aliphatic heterocycles. The third-order valence-corrected chi connectivity index (χ3v) is 9.97. The number of fused-ring (bicyclic) bond motifs is 2. The lowest BCUT2D eigenvalue weighted by Crippen LogP contribution is -2.47. The van der Waals surface area contributed by atoms with Gasteiger partial charge in [0.1, 0.15) is 22.7 Å². The number of carbonyl (C=O) groups is 2. The number of thiophene rings is 1. The molecule has 1 amide bonds. The number of rotatable bonds is 11. The second kappa shape index (κ2) is 13.5. The van der Waals surface area contributed by atoms with E-state index < -0.39 is 5.97 Å². The number of carboxylic acids is 1. The number of ether oxygens (including phenoxy) is 3.